The van der Waals surface area contributed by atoms with Crippen molar-refractivity contribution in [3.63, 3.8) is 0 Å². The van der Waals surface area contributed by atoms with E-state index in [2.05, 4.69) is 5.32 Å². The predicted molar refractivity (Wildman–Crippen MR) is 63.3 cm³/mol. The van der Waals surface area contributed by atoms with Gasteiger partial charge in [-0.25, -0.2) is 4.39 Å². The second-order valence-electron chi connectivity index (χ2n) is 4.27. The van der Waals surface area contributed by atoms with Crippen molar-refractivity contribution < 1.29 is 9.13 Å². The van der Waals surface area contributed by atoms with Crippen molar-refractivity contribution in [2.24, 2.45) is 0 Å². The fourth-order valence-electron chi connectivity index (χ4n) is 1.96. The Morgan fingerprint density at radius 2 is 2.12 bits per heavy atom. The van der Waals surface area contributed by atoms with E-state index in [9.17, 15) is 4.39 Å². The first-order valence-electron chi connectivity index (χ1n) is 5.75. The first-order valence-corrected chi connectivity index (χ1v) is 5.75. The number of ether oxygens (including phenoxy) is 1. The van der Waals surface area contributed by atoms with Crippen LogP contribution in [0.5, 0.6) is 0 Å². The number of nitrogens with zero attached hydrogens (tertiary/aromatic N) is 1. The van der Waals surface area contributed by atoms with Crippen molar-refractivity contribution in [1.82, 2.24) is 0 Å². The van der Waals surface area contributed by atoms with Crippen molar-refractivity contribution >= 4 is 5.69 Å². The molecule has 0 bridgehead atoms. The summed E-state index contributed by atoms with van der Waals surface area (Å²) in [4.78, 5) is 0. The lowest BCUT2D eigenvalue weighted by Crippen LogP contribution is -2.28. The Hall–Kier alpha value is -1.60. The summed E-state index contributed by atoms with van der Waals surface area (Å²) in [5.74, 6) is -0.335. The van der Waals surface area contributed by atoms with Gasteiger partial charge in [0.2, 0.25) is 0 Å². The Morgan fingerprint density at radius 1 is 1.41 bits per heavy atom. The molecule has 0 spiro atoms. The summed E-state index contributed by atoms with van der Waals surface area (Å²) < 4.78 is 18.8. The third-order valence-corrected chi connectivity index (χ3v) is 3.05. The van der Waals surface area contributed by atoms with Crippen LogP contribution in [0.4, 0.5) is 10.1 Å². The Bertz CT molecular complexity index is 447. The molecular weight excluding hydrogens is 219 g/mol. The first-order chi connectivity index (χ1) is 8.20. The number of nitriles is 1. The van der Waals surface area contributed by atoms with Gasteiger partial charge in [0, 0.05) is 30.5 Å². The molecule has 0 saturated carbocycles. The lowest BCUT2D eigenvalue weighted by Gasteiger charge is -2.25. The van der Waals surface area contributed by atoms with E-state index >= 15 is 0 Å². The largest absolute Gasteiger partial charge is 0.382 e. The molecule has 1 aromatic carbocycles. The fraction of sp³-hybridized carbons (Fsp3) is 0.462. The molecule has 0 atom stereocenters. The van der Waals surface area contributed by atoms with Crippen LogP contribution in [0.3, 0.4) is 0 Å². The molecule has 2 rings (SSSR count). The Labute approximate surface area is 100 Å². The van der Waals surface area contributed by atoms with Crippen LogP contribution in [0.2, 0.25) is 0 Å². The quantitative estimate of drug-likeness (QED) is 0.855. The Kier molecular flexibility index (Phi) is 3.60. The predicted octanol–water partition coefficient (Wildman–Crippen LogP) is 2.60. The van der Waals surface area contributed by atoms with E-state index in [1.807, 2.05) is 6.07 Å². The molecule has 1 N–H and O–H groups in total. The van der Waals surface area contributed by atoms with E-state index in [1.165, 1.54) is 6.07 Å². The number of nitrogens with one attached hydrogen (secondary N) is 1. The first kappa shape index (κ1) is 11.9. The molecule has 1 fully saturated rings. The summed E-state index contributed by atoms with van der Waals surface area (Å²) in [5, 5.41) is 12.1. The molecule has 1 aromatic rings. The maximum absolute atomic E-state index is 13.6. The number of anilines is 1. The number of hydrogen-bond acceptors (Lipinski definition) is 3. The maximum Gasteiger partial charge on any atom is 0.129 e. The summed E-state index contributed by atoms with van der Waals surface area (Å²) in [7, 11) is 0. The van der Waals surface area contributed by atoms with Crippen molar-refractivity contribution in [2.75, 3.05) is 18.5 Å². The van der Waals surface area contributed by atoms with Crippen LogP contribution in [0, 0.1) is 24.1 Å². The summed E-state index contributed by atoms with van der Waals surface area (Å²) in [5.41, 5.74) is 1.63. The average molecular weight is 234 g/mol. The number of rotatable bonds is 2. The third-order valence-electron chi connectivity index (χ3n) is 3.05. The third kappa shape index (κ3) is 2.75. The minimum absolute atomic E-state index is 0.302. The van der Waals surface area contributed by atoms with Gasteiger partial charge in [0.15, 0.2) is 0 Å². The zero-order chi connectivity index (χ0) is 12.3. The van der Waals surface area contributed by atoms with E-state index in [4.69, 9.17) is 10.00 Å². The van der Waals surface area contributed by atoms with Gasteiger partial charge < -0.3 is 10.1 Å². The molecule has 1 aliphatic heterocycles. The van der Waals surface area contributed by atoms with Crippen LogP contribution in [-0.2, 0) is 4.74 Å². The molecule has 1 heterocycles. The molecule has 0 unspecified atom stereocenters. The van der Waals surface area contributed by atoms with Crippen molar-refractivity contribution in [3.05, 3.63) is 29.1 Å². The molecule has 4 heteroatoms. The number of halogens is 1. The molecule has 0 amide bonds. The topological polar surface area (TPSA) is 45.0 Å². The molecule has 1 saturated heterocycles. The van der Waals surface area contributed by atoms with E-state index in [-0.39, 0.29) is 5.82 Å². The van der Waals surface area contributed by atoms with Crippen LogP contribution in [0.15, 0.2) is 12.1 Å². The molecule has 3 nitrogen and oxygen atoms in total. The molecule has 0 radical (unpaired) electrons. The van der Waals surface area contributed by atoms with Gasteiger partial charge in [0.25, 0.3) is 0 Å². The van der Waals surface area contributed by atoms with Gasteiger partial charge in [0.1, 0.15) is 5.82 Å². The van der Waals surface area contributed by atoms with Gasteiger partial charge in [-0.2, -0.15) is 5.26 Å². The second-order valence-corrected chi connectivity index (χ2v) is 4.27. The standard InChI is InChI=1S/C13H15FN2O/c1-9-12(14)6-10(8-15)7-13(9)16-11-2-4-17-5-3-11/h6-7,11,16H,2-5H2,1H3. The molecule has 0 aromatic heterocycles. The monoisotopic (exact) mass is 234 g/mol. The van der Waals surface area contributed by atoms with E-state index in [0.29, 0.717) is 22.9 Å². The lowest BCUT2D eigenvalue weighted by atomic mass is 10.1. The minimum Gasteiger partial charge on any atom is -0.382 e. The highest BCUT2D eigenvalue weighted by Crippen LogP contribution is 2.23. The van der Waals surface area contributed by atoms with Crippen LogP contribution in [0.25, 0.3) is 0 Å². The van der Waals surface area contributed by atoms with Gasteiger partial charge in [-0.3, -0.25) is 0 Å². The second kappa shape index (κ2) is 5.15. The lowest BCUT2D eigenvalue weighted by molar-refractivity contribution is 0.0904. The summed E-state index contributed by atoms with van der Waals surface area (Å²) in [6, 6.07) is 5.24. The van der Waals surface area contributed by atoms with Crippen molar-refractivity contribution in [1.29, 1.82) is 5.26 Å². The normalized spacial score (nSPS) is 16.5. The van der Waals surface area contributed by atoms with Crippen LogP contribution < -0.4 is 5.32 Å². The van der Waals surface area contributed by atoms with Gasteiger partial charge in [-0.15, -0.1) is 0 Å². The smallest absolute Gasteiger partial charge is 0.129 e. The van der Waals surface area contributed by atoms with Crippen molar-refractivity contribution in [2.45, 2.75) is 25.8 Å². The van der Waals surface area contributed by atoms with E-state index < -0.39 is 0 Å². The molecule has 1 aliphatic rings. The van der Waals surface area contributed by atoms with Gasteiger partial charge in [0.05, 0.1) is 11.6 Å². The molecule has 0 aliphatic carbocycles. The highest BCUT2D eigenvalue weighted by Gasteiger charge is 2.15. The summed E-state index contributed by atoms with van der Waals surface area (Å²) >= 11 is 0. The molecule has 17 heavy (non-hydrogen) atoms. The van der Waals surface area contributed by atoms with E-state index in [0.717, 1.165) is 26.1 Å². The van der Waals surface area contributed by atoms with E-state index in [1.54, 1.807) is 13.0 Å². The molecule has 90 valence electrons. The maximum atomic E-state index is 13.6. The minimum atomic E-state index is -0.335. The zero-order valence-electron chi connectivity index (χ0n) is 9.79. The Balaban J connectivity index is 2.19. The highest BCUT2D eigenvalue weighted by atomic mass is 19.1. The Morgan fingerprint density at radius 3 is 2.76 bits per heavy atom. The van der Waals surface area contributed by atoms with Crippen LogP contribution in [0.1, 0.15) is 24.0 Å². The van der Waals surface area contributed by atoms with Gasteiger partial charge >= 0.3 is 0 Å². The SMILES string of the molecule is Cc1c(F)cc(C#N)cc1NC1CCOCC1. The van der Waals surface area contributed by atoms with Crippen LogP contribution in [-0.4, -0.2) is 19.3 Å². The summed E-state index contributed by atoms with van der Waals surface area (Å²) in [6.07, 6.45) is 1.83. The van der Waals surface area contributed by atoms with Crippen molar-refractivity contribution in [3.8, 4) is 6.07 Å². The fourth-order valence-corrected chi connectivity index (χ4v) is 1.96. The highest BCUT2D eigenvalue weighted by molar-refractivity contribution is 5.56. The van der Waals surface area contributed by atoms with Crippen LogP contribution >= 0.6 is 0 Å². The van der Waals surface area contributed by atoms with Gasteiger partial charge in [-0.1, -0.05) is 0 Å². The summed E-state index contributed by atoms with van der Waals surface area (Å²) in [6.45, 7) is 3.19. The zero-order valence-corrected chi connectivity index (χ0v) is 9.79. The van der Waals surface area contributed by atoms with Gasteiger partial charge in [-0.05, 0) is 31.9 Å². The molecular formula is C13H15FN2O. The number of benzene rings is 1. The average Bonchev–Trinajstić information content (AvgIpc) is 2.36. The number of hydrogen-bond donors (Lipinski definition) is 1.